The normalized spacial score (nSPS) is 13.5. The van der Waals surface area contributed by atoms with Crippen LogP contribution in [0.1, 0.15) is 26.3 Å². The van der Waals surface area contributed by atoms with Crippen LogP contribution >= 0.6 is 0 Å². The van der Waals surface area contributed by atoms with Crippen LogP contribution in [0.5, 0.6) is 0 Å². The molecule has 0 bridgehead atoms. The Kier molecular flexibility index (Phi) is 3.54. The summed E-state index contributed by atoms with van der Waals surface area (Å²) in [5.41, 5.74) is 5.25. The minimum atomic E-state index is -0.823. The number of aromatic amines is 2. The predicted octanol–water partition coefficient (Wildman–Crippen LogP) is -0.0855. The number of carbonyl (C=O) groups is 1. The number of hydrogen-bond acceptors (Lipinski definition) is 4. The van der Waals surface area contributed by atoms with Crippen molar-refractivity contribution in [3.8, 4) is 0 Å². The standard InChI is InChI=1S/C10H17N3O3/c1-10(2,3)16-9(15)7(11)4-6-5-12-13-8(6)14/h5,7H,4,11H2,1-3H3,(H2,12,13,14)/t7-/m1/s1. The van der Waals surface area contributed by atoms with E-state index in [1.807, 2.05) is 0 Å². The van der Waals surface area contributed by atoms with E-state index in [9.17, 15) is 9.59 Å². The summed E-state index contributed by atoms with van der Waals surface area (Å²) in [5, 5.41) is 4.92. The summed E-state index contributed by atoms with van der Waals surface area (Å²) in [6.07, 6.45) is 1.65. The monoisotopic (exact) mass is 227 g/mol. The summed E-state index contributed by atoms with van der Waals surface area (Å²) in [6, 6.07) is -0.823. The van der Waals surface area contributed by atoms with Gasteiger partial charge in [-0.2, -0.15) is 0 Å². The Bertz CT molecular complexity index is 413. The molecule has 0 aromatic carbocycles. The lowest BCUT2D eigenvalue weighted by atomic mass is 10.1. The molecular formula is C10H17N3O3. The number of aromatic nitrogens is 2. The number of H-pyrrole nitrogens is 2. The van der Waals surface area contributed by atoms with Gasteiger partial charge in [-0.15, -0.1) is 0 Å². The van der Waals surface area contributed by atoms with Crippen LogP contribution in [0.2, 0.25) is 0 Å². The molecule has 6 heteroatoms. The van der Waals surface area contributed by atoms with Gasteiger partial charge in [0.15, 0.2) is 0 Å². The third-order valence-corrected chi connectivity index (χ3v) is 1.87. The summed E-state index contributed by atoms with van der Waals surface area (Å²) >= 11 is 0. The molecule has 0 saturated heterocycles. The van der Waals surface area contributed by atoms with Crippen molar-refractivity contribution >= 4 is 5.97 Å². The molecule has 1 heterocycles. The second kappa shape index (κ2) is 4.52. The number of esters is 1. The lowest BCUT2D eigenvalue weighted by Gasteiger charge is -2.21. The van der Waals surface area contributed by atoms with Gasteiger partial charge < -0.3 is 15.6 Å². The molecule has 1 rings (SSSR count). The lowest BCUT2D eigenvalue weighted by molar-refractivity contribution is -0.156. The van der Waals surface area contributed by atoms with Crippen LogP contribution in [-0.2, 0) is 16.0 Å². The second-order valence-electron chi connectivity index (χ2n) is 4.61. The fraction of sp³-hybridized carbons (Fsp3) is 0.600. The number of rotatable bonds is 3. The molecule has 0 unspecified atom stereocenters. The lowest BCUT2D eigenvalue weighted by Crippen LogP contribution is -2.39. The Labute approximate surface area is 93.2 Å². The Morgan fingerprint density at radius 1 is 1.56 bits per heavy atom. The number of carbonyl (C=O) groups excluding carboxylic acids is 1. The average Bonchev–Trinajstić information content (AvgIpc) is 2.49. The smallest absolute Gasteiger partial charge is 0.323 e. The van der Waals surface area contributed by atoms with E-state index in [-0.39, 0.29) is 12.0 Å². The zero-order chi connectivity index (χ0) is 12.3. The van der Waals surface area contributed by atoms with Crippen LogP contribution < -0.4 is 11.3 Å². The van der Waals surface area contributed by atoms with E-state index in [1.165, 1.54) is 6.20 Å². The Balaban J connectivity index is 2.60. The number of hydrogen-bond donors (Lipinski definition) is 3. The van der Waals surface area contributed by atoms with E-state index in [4.69, 9.17) is 10.5 Å². The first-order valence-electron chi connectivity index (χ1n) is 5.03. The van der Waals surface area contributed by atoms with E-state index < -0.39 is 17.6 Å². The Hall–Kier alpha value is -1.56. The molecule has 6 nitrogen and oxygen atoms in total. The molecular weight excluding hydrogens is 210 g/mol. The first-order valence-corrected chi connectivity index (χ1v) is 5.03. The molecule has 0 aliphatic carbocycles. The van der Waals surface area contributed by atoms with E-state index in [2.05, 4.69) is 10.2 Å². The van der Waals surface area contributed by atoms with Gasteiger partial charge in [0.1, 0.15) is 11.6 Å². The van der Waals surface area contributed by atoms with Crippen molar-refractivity contribution < 1.29 is 9.53 Å². The van der Waals surface area contributed by atoms with E-state index in [0.717, 1.165) is 0 Å². The number of nitrogens with one attached hydrogen (secondary N) is 2. The van der Waals surface area contributed by atoms with Gasteiger partial charge in [0, 0.05) is 18.2 Å². The maximum absolute atomic E-state index is 11.5. The highest BCUT2D eigenvalue weighted by Gasteiger charge is 2.23. The molecule has 90 valence electrons. The van der Waals surface area contributed by atoms with Crippen molar-refractivity contribution in [2.24, 2.45) is 5.73 Å². The van der Waals surface area contributed by atoms with E-state index in [0.29, 0.717) is 5.56 Å². The maximum atomic E-state index is 11.5. The number of nitrogens with two attached hydrogens (primary N) is 1. The second-order valence-corrected chi connectivity index (χ2v) is 4.61. The van der Waals surface area contributed by atoms with Gasteiger partial charge in [0.05, 0.1) is 0 Å². The molecule has 0 spiro atoms. The fourth-order valence-electron chi connectivity index (χ4n) is 1.18. The highest BCUT2D eigenvalue weighted by molar-refractivity contribution is 5.76. The fourth-order valence-corrected chi connectivity index (χ4v) is 1.18. The molecule has 0 aliphatic heterocycles. The van der Waals surface area contributed by atoms with E-state index >= 15 is 0 Å². The van der Waals surface area contributed by atoms with E-state index in [1.54, 1.807) is 20.8 Å². The van der Waals surface area contributed by atoms with Crippen molar-refractivity contribution in [1.82, 2.24) is 10.2 Å². The molecule has 1 atom stereocenters. The molecule has 1 aromatic heterocycles. The van der Waals surface area contributed by atoms with Gasteiger partial charge in [0.25, 0.3) is 5.56 Å². The van der Waals surface area contributed by atoms with Gasteiger partial charge >= 0.3 is 5.97 Å². The highest BCUT2D eigenvalue weighted by Crippen LogP contribution is 2.08. The average molecular weight is 227 g/mol. The molecule has 4 N–H and O–H groups in total. The summed E-state index contributed by atoms with van der Waals surface area (Å²) < 4.78 is 5.10. The SMILES string of the molecule is CC(C)(C)OC(=O)[C@H](N)Cc1c[nH][nH]c1=O. The van der Waals surface area contributed by atoms with Crippen LogP contribution in [0.3, 0.4) is 0 Å². The van der Waals surface area contributed by atoms with Gasteiger partial charge in [-0.1, -0.05) is 0 Å². The molecule has 0 fully saturated rings. The first-order chi connectivity index (χ1) is 7.29. The third-order valence-electron chi connectivity index (χ3n) is 1.87. The predicted molar refractivity (Wildman–Crippen MR) is 58.9 cm³/mol. The van der Waals surface area contributed by atoms with Gasteiger partial charge in [-0.25, -0.2) is 0 Å². The van der Waals surface area contributed by atoms with Gasteiger partial charge in [-0.05, 0) is 20.8 Å². The topological polar surface area (TPSA) is 101 Å². The Morgan fingerprint density at radius 2 is 2.19 bits per heavy atom. The zero-order valence-electron chi connectivity index (χ0n) is 9.66. The van der Waals surface area contributed by atoms with Crippen molar-refractivity contribution in [3.05, 3.63) is 22.1 Å². The van der Waals surface area contributed by atoms with Crippen LogP contribution in [0.4, 0.5) is 0 Å². The summed E-state index contributed by atoms with van der Waals surface area (Å²) in [7, 11) is 0. The van der Waals surface area contributed by atoms with Crippen LogP contribution in [0.25, 0.3) is 0 Å². The van der Waals surface area contributed by atoms with Crippen molar-refractivity contribution in [1.29, 1.82) is 0 Å². The van der Waals surface area contributed by atoms with Gasteiger partial charge in [-0.3, -0.25) is 14.7 Å². The molecule has 0 amide bonds. The first kappa shape index (κ1) is 12.5. The van der Waals surface area contributed by atoms with Crippen molar-refractivity contribution in [2.75, 3.05) is 0 Å². The Morgan fingerprint density at radius 3 is 2.62 bits per heavy atom. The van der Waals surface area contributed by atoms with Crippen molar-refractivity contribution in [3.63, 3.8) is 0 Å². The molecule has 16 heavy (non-hydrogen) atoms. The van der Waals surface area contributed by atoms with Gasteiger partial charge in [0.2, 0.25) is 0 Å². The minimum absolute atomic E-state index is 0.160. The highest BCUT2D eigenvalue weighted by atomic mass is 16.6. The quantitative estimate of drug-likeness (QED) is 0.628. The molecule has 1 aromatic rings. The third kappa shape index (κ3) is 3.54. The van der Waals surface area contributed by atoms with Crippen LogP contribution in [0, 0.1) is 0 Å². The molecule has 0 radical (unpaired) electrons. The summed E-state index contributed by atoms with van der Waals surface area (Å²) in [6.45, 7) is 5.29. The van der Waals surface area contributed by atoms with Crippen LogP contribution in [-0.4, -0.2) is 27.8 Å². The van der Waals surface area contributed by atoms with Crippen molar-refractivity contribution in [2.45, 2.75) is 38.8 Å². The molecule has 0 saturated carbocycles. The summed E-state index contributed by atoms with van der Waals surface area (Å²) in [4.78, 5) is 22.7. The minimum Gasteiger partial charge on any atom is -0.459 e. The zero-order valence-corrected chi connectivity index (χ0v) is 9.66. The maximum Gasteiger partial charge on any atom is 0.323 e. The largest absolute Gasteiger partial charge is 0.459 e. The number of ether oxygens (including phenoxy) is 1. The summed E-state index contributed by atoms with van der Waals surface area (Å²) in [5.74, 6) is -0.506. The van der Waals surface area contributed by atoms with Crippen LogP contribution in [0.15, 0.2) is 11.0 Å². The molecule has 0 aliphatic rings.